The molecular weight excluding hydrogens is 276 g/mol. The third-order valence-electron chi connectivity index (χ3n) is 0.608. The fourth-order valence-electron chi connectivity index (χ4n) is 0.327. The van der Waals surface area contributed by atoms with Gasteiger partial charge in [0.1, 0.15) is 0 Å². The molecule has 0 saturated heterocycles. The maximum atomic E-state index is 10.4. The summed E-state index contributed by atoms with van der Waals surface area (Å²) in [5.74, 6) is -2.01. The molecule has 0 aromatic rings. The van der Waals surface area contributed by atoms with E-state index in [9.17, 15) is 14.2 Å². The summed E-state index contributed by atoms with van der Waals surface area (Å²) in [6.45, 7) is 0.0270. The smallest absolute Gasteiger partial charge is 1.00 e. The second-order valence-electron chi connectivity index (χ2n) is 1.73. The largest absolute Gasteiger partial charge is 1.00 e. The summed E-state index contributed by atoms with van der Waals surface area (Å²) in [7, 11) is -4.68. The van der Waals surface area contributed by atoms with E-state index >= 15 is 0 Å². The minimum absolute atomic E-state index is 0. The number of hydrogen-bond donors (Lipinski definition) is 2. The van der Waals surface area contributed by atoms with Crippen LogP contribution in [-0.4, -0.2) is 28.3 Å². The molecule has 2 N–H and O–H groups in total. The molecule has 0 aliphatic carbocycles. The number of ether oxygens (including phenoxy) is 1. The van der Waals surface area contributed by atoms with Gasteiger partial charge in [0.15, 0.2) is 6.61 Å². The molecule has 0 spiro atoms. The minimum atomic E-state index is -4.68. The molecule has 11 heteroatoms. The molecule has 0 bridgehead atoms. The first kappa shape index (κ1) is 26.4. The van der Waals surface area contributed by atoms with Crippen LogP contribution in [0.15, 0.2) is 0 Å². The molecule has 0 radical (unpaired) electrons. The van der Waals surface area contributed by atoms with Gasteiger partial charge in [-0.3, -0.25) is 9.32 Å². The zero-order chi connectivity index (χ0) is 9.78. The van der Waals surface area contributed by atoms with Crippen molar-refractivity contribution in [3.8, 4) is 0 Å². The van der Waals surface area contributed by atoms with E-state index in [-0.39, 0.29) is 115 Å². The normalized spacial score (nSPS) is 8.73. The number of phosphoric ester groups is 1. The summed E-state index contributed by atoms with van der Waals surface area (Å²) in [5, 5.41) is 0. The quantitative estimate of drug-likeness (QED) is 0.229. The Hall–Kier alpha value is 2.89. The van der Waals surface area contributed by atoms with E-state index < -0.39 is 26.4 Å². The first-order valence-electron chi connectivity index (χ1n) is 2.72. The van der Waals surface area contributed by atoms with Crippen molar-refractivity contribution in [3.05, 3.63) is 0 Å². The number of hydrogen-bond acceptors (Lipinski definition) is 5. The van der Waals surface area contributed by atoms with Crippen LogP contribution < -0.4 is 110 Å². The van der Waals surface area contributed by atoms with Crippen LogP contribution in [0.4, 0.5) is 0 Å². The summed E-state index contributed by atoms with van der Waals surface area (Å²) in [6, 6.07) is 0. The van der Waals surface area contributed by atoms with Gasteiger partial charge in [0.25, 0.3) is 0 Å². The Bertz CT molecular complexity index is 253. The second kappa shape index (κ2) is 13.3. The van der Waals surface area contributed by atoms with Crippen molar-refractivity contribution in [2.24, 2.45) is 0 Å². The van der Waals surface area contributed by atoms with E-state index in [0.717, 1.165) is 6.92 Å². The molecule has 0 heterocycles. The Balaban J connectivity index is -0.0000000403. The van der Waals surface area contributed by atoms with Crippen molar-refractivity contribution in [1.29, 1.82) is 0 Å². The molecule has 0 aromatic carbocycles. The van der Waals surface area contributed by atoms with Crippen molar-refractivity contribution in [2.75, 3.05) is 6.61 Å². The van der Waals surface area contributed by atoms with E-state index in [2.05, 4.69) is 9.26 Å². The first-order valence-corrected chi connectivity index (χ1v) is 4.25. The van der Waals surface area contributed by atoms with Crippen LogP contribution in [0.5, 0.6) is 0 Å². The summed E-state index contributed by atoms with van der Waals surface area (Å²) in [6.07, 6.45) is 0. The number of phosphoric acid groups is 1. The molecule has 0 amide bonds. The SMILES string of the molecule is CC(=O)OC(=O)COP(=O)(O)O.[H-].[H-].[H-].[K+].[Na+].[Na+]. The zero-order valence-corrected chi connectivity index (χ0v) is 17.1. The van der Waals surface area contributed by atoms with Crippen LogP contribution in [0.3, 0.4) is 0 Å². The van der Waals surface area contributed by atoms with Gasteiger partial charge in [-0.25, -0.2) is 9.36 Å². The third-order valence-corrected chi connectivity index (χ3v) is 1.07. The van der Waals surface area contributed by atoms with Gasteiger partial charge in [-0.1, -0.05) is 0 Å². The second-order valence-corrected chi connectivity index (χ2v) is 2.97. The predicted molar refractivity (Wildman–Crippen MR) is 38.1 cm³/mol. The molecule has 7 nitrogen and oxygen atoms in total. The third kappa shape index (κ3) is 22.5. The Labute approximate surface area is 178 Å². The monoisotopic (exact) mass is 286 g/mol. The van der Waals surface area contributed by atoms with Crippen LogP contribution in [0.1, 0.15) is 11.2 Å². The number of carbonyl (C=O) groups is 2. The van der Waals surface area contributed by atoms with Crippen LogP contribution >= 0.6 is 7.82 Å². The van der Waals surface area contributed by atoms with E-state index in [1.165, 1.54) is 0 Å². The molecule has 0 saturated carbocycles. The van der Waals surface area contributed by atoms with E-state index in [0.29, 0.717) is 0 Å². The average Bonchev–Trinajstić information content (AvgIpc) is 1.80. The van der Waals surface area contributed by atoms with Gasteiger partial charge in [0.05, 0.1) is 0 Å². The predicted octanol–water partition coefficient (Wildman–Crippen LogP) is -9.47. The standard InChI is InChI=1S/C4H7O7P.K.2Na.3H/c1-3(5)11-4(6)2-10-12(7,8)9;;;;;;/h2H2,1H3,(H2,7,8,9);;;;;;/q;3*+1;3*-1. The van der Waals surface area contributed by atoms with Crippen LogP contribution in [0.25, 0.3) is 0 Å². The molecule has 15 heavy (non-hydrogen) atoms. The van der Waals surface area contributed by atoms with E-state index in [1.54, 1.807) is 0 Å². The van der Waals surface area contributed by atoms with Crippen LogP contribution in [0, 0.1) is 0 Å². The molecular formula is C4H10KNa2O7P. The molecule has 0 aliphatic rings. The minimum Gasteiger partial charge on any atom is -1.00 e. The molecule has 0 fully saturated rings. The molecule has 0 unspecified atom stereocenters. The maximum Gasteiger partial charge on any atom is 1.00 e. The molecule has 0 aromatic heterocycles. The fraction of sp³-hybridized carbons (Fsp3) is 0.500. The Morgan fingerprint density at radius 3 is 2.00 bits per heavy atom. The van der Waals surface area contributed by atoms with Gasteiger partial charge < -0.3 is 18.8 Å². The Kier molecular flexibility index (Phi) is 23.5. The summed E-state index contributed by atoms with van der Waals surface area (Å²) in [4.78, 5) is 36.7. The van der Waals surface area contributed by atoms with Gasteiger partial charge in [0.2, 0.25) is 0 Å². The van der Waals surface area contributed by atoms with Crippen molar-refractivity contribution in [3.63, 3.8) is 0 Å². The molecule has 0 rings (SSSR count). The van der Waals surface area contributed by atoms with Gasteiger partial charge in [-0.05, 0) is 0 Å². The van der Waals surface area contributed by atoms with Crippen molar-refractivity contribution in [1.82, 2.24) is 0 Å². The number of rotatable bonds is 3. The molecule has 0 atom stereocenters. The summed E-state index contributed by atoms with van der Waals surface area (Å²) < 4.78 is 17.6. The van der Waals surface area contributed by atoms with Crippen molar-refractivity contribution >= 4 is 19.8 Å². The van der Waals surface area contributed by atoms with Gasteiger partial charge in [-0.15, -0.1) is 0 Å². The number of esters is 2. The fourth-order valence-corrected chi connectivity index (χ4v) is 0.600. The average molecular weight is 286 g/mol. The van der Waals surface area contributed by atoms with E-state index in [4.69, 9.17) is 9.79 Å². The first-order chi connectivity index (χ1) is 5.31. The molecule has 76 valence electrons. The van der Waals surface area contributed by atoms with Crippen molar-refractivity contribution in [2.45, 2.75) is 6.92 Å². The molecule has 0 aliphatic heterocycles. The van der Waals surface area contributed by atoms with Gasteiger partial charge in [-0.2, -0.15) is 0 Å². The van der Waals surface area contributed by atoms with E-state index in [1.807, 2.05) is 0 Å². The van der Waals surface area contributed by atoms with Gasteiger partial charge in [0, 0.05) is 6.92 Å². The number of carbonyl (C=O) groups excluding carboxylic acids is 2. The Morgan fingerprint density at radius 2 is 1.73 bits per heavy atom. The topological polar surface area (TPSA) is 110 Å². The van der Waals surface area contributed by atoms with Crippen LogP contribution in [-0.2, 0) is 23.4 Å². The van der Waals surface area contributed by atoms with Crippen molar-refractivity contribution < 1.29 is 148 Å². The zero-order valence-electron chi connectivity index (χ0n) is 12.1. The Morgan fingerprint density at radius 1 is 1.33 bits per heavy atom. The van der Waals surface area contributed by atoms with Crippen LogP contribution in [0.2, 0.25) is 0 Å². The van der Waals surface area contributed by atoms with Gasteiger partial charge >= 0.3 is 130 Å². The summed E-state index contributed by atoms with van der Waals surface area (Å²) in [5.41, 5.74) is 0. The maximum absolute atomic E-state index is 10.4. The summed E-state index contributed by atoms with van der Waals surface area (Å²) >= 11 is 0.